The Bertz CT molecular complexity index is 703. The number of H-pyrrole nitrogens is 1. The Morgan fingerprint density at radius 2 is 2.00 bits per heavy atom. The summed E-state index contributed by atoms with van der Waals surface area (Å²) in [4.78, 5) is 0. The molecular formula is C17H19N3O. The third kappa shape index (κ3) is 3.34. The number of benzene rings is 2. The molecule has 1 heterocycles. The van der Waals surface area contributed by atoms with Crippen molar-refractivity contribution in [3.05, 3.63) is 54.2 Å². The Morgan fingerprint density at radius 3 is 2.81 bits per heavy atom. The van der Waals surface area contributed by atoms with Gasteiger partial charge in [-0.2, -0.15) is 5.10 Å². The molecule has 0 aliphatic rings. The van der Waals surface area contributed by atoms with E-state index in [0.29, 0.717) is 0 Å². The van der Waals surface area contributed by atoms with Gasteiger partial charge in [-0.15, -0.1) is 0 Å². The van der Waals surface area contributed by atoms with Gasteiger partial charge >= 0.3 is 0 Å². The number of nitrogens with one attached hydrogen (secondary N) is 2. The van der Waals surface area contributed by atoms with E-state index in [9.17, 15) is 0 Å². The third-order valence-electron chi connectivity index (χ3n) is 3.33. The highest BCUT2D eigenvalue weighted by Gasteiger charge is 1.99. The van der Waals surface area contributed by atoms with Gasteiger partial charge in [-0.05, 0) is 42.3 Å². The van der Waals surface area contributed by atoms with E-state index in [2.05, 4.69) is 52.8 Å². The molecule has 0 atom stereocenters. The molecule has 0 bridgehead atoms. The van der Waals surface area contributed by atoms with Crippen molar-refractivity contribution in [2.24, 2.45) is 0 Å². The molecule has 21 heavy (non-hydrogen) atoms. The summed E-state index contributed by atoms with van der Waals surface area (Å²) in [5.74, 6) is 0.930. The van der Waals surface area contributed by atoms with Crippen molar-refractivity contribution in [2.75, 3.05) is 11.9 Å². The van der Waals surface area contributed by atoms with E-state index in [1.807, 2.05) is 18.3 Å². The van der Waals surface area contributed by atoms with Gasteiger partial charge in [0.05, 0.1) is 18.3 Å². The minimum Gasteiger partial charge on any atom is -0.494 e. The summed E-state index contributed by atoms with van der Waals surface area (Å²) in [5, 5.41) is 11.5. The van der Waals surface area contributed by atoms with Crippen molar-refractivity contribution in [1.82, 2.24) is 10.2 Å². The molecule has 0 radical (unpaired) electrons. The maximum Gasteiger partial charge on any atom is 0.119 e. The molecule has 0 aliphatic carbocycles. The lowest BCUT2D eigenvalue weighted by Crippen LogP contribution is -2.00. The monoisotopic (exact) mass is 281 g/mol. The fourth-order valence-electron chi connectivity index (χ4n) is 2.17. The first-order valence-corrected chi connectivity index (χ1v) is 7.24. The SMILES string of the molecule is CCCOc1ccc(CNc2ccc3cn[nH]c3c2)cc1. The topological polar surface area (TPSA) is 49.9 Å². The van der Waals surface area contributed by atoms with Crippen molar-refractivity contribution >= 4 is 16.6 Å². The average molecular weight is 281 g/mol. The van der Waals surface area contributed by atoms with Crippen LogP contribution in [0.5, 0.6) is 5.75 Å². The van der Waals surface area contributed by atoms with E-state index in [0.717, 1.165) is 41.9 Å². The van der Waals surface area contributed by atoms with Crippen LogP contribution in [0.4, 0.5) is 5.69 Å². The summed E-state index contributed by atoms with van der Waals surface area (Å²) in [7, 11) is 0. The van der Waals surface area contributed by atoms with Gasteiger partial charge in [0.25, 0.3) is 0 Å². The van der Waals surface area contributed by atoms with Gasteiger partial charge in [0.1, 0.15) is 5.75 Å². The number of aromatic amines is 1. The van der Waals surface area contributed by atoms with Crippen LogP contribution in [-0.2, 0) is 6.54 Å². The molecule has 4 heteroatoms. The molecule has 0 fully saturated rings. The van der Waals surface area contributed by atoms with E-state index >= 15 is 0 Å². The normalized spacial score (nSPS) is 10.7. The van der Waals surface area contributed by atoms with Crippen LogP contribution in [0.1, 0.15) is 18.9 Å². The largest absolute Gasteiger partial charge is 0.494 e. The fourth-order valence-corrected chi connectivity index (χ4v) is 2.17. The molecule has 3 rings (SSSR count). The van der Waals surface area contributed by atoms with Crippen LogP contribution in [0.3, 0.4) is 0 Å². The van der Waals surface area contributed by atoms with Gasteiger partial charge < -0.3 is 10.1 Å². The van der Waals surface area contributed by atoms with E-state index in [1.165, 1.54) is 5.56 Å². The molecule has 108 valence electrons. The van der Waals surface area contributed by atoms with E-state index in [1.54, 1.807) is 0 Å². The van der Waals surface area contributed by atoms with Crippen molar-refractivity contribution in [1.29, 1.82) is 0 Å². The second-order valence-corrected chi connectivity index (χ2v) is 5.02. The molecular weight excluding hydrogens is 262 g/mol. The number of rotatable bonds is 6. The Morgan fingerprint density at radius 1 is 1.14 bits per heavy atom. The molecule has 2 aromatic carbocycles. The zero-order valence-corrected chi connectivity index (χ0v) is 12.1. The molecule has 0 amide bonds. The number of fused-ring (bicyclic) bond motifs is 1. The maximum atomic E-state index is 5.58. The van der Waals surface area contributed by atoms with Gasteiger partial charge in [-0.3, -0.25) is 5.10 Å². The minimum absolute atomic E-state index is 0.766. The Kier molecular flexibility index (Phi) is 4.05. The van der Waals surface area contributed by atoms with Gasteiger partial charge in [-0.25, -0.2) is 0 Å². The van der Waals surface area contributed by atoms with Crippen LogP contribution in [0, 0.1) is 0 Å². The Hall–Kier alpha value is -2.49. The lowest BCUT2D eigenvalue weighted by atomic mass is 10.2. The number of aromatic nitrogens is 2. The second kappa shape index (κ2) is 6.31. The summed E-state index contributed by atoms with van der Waals surface area (Å²) in [6.07, 6.45) is 2.85. The molecule has 0 unspecified atom stereocenters. The Balaban J connectivity index is 1.61. The van der Waals surface area contributed by atoms with Gasteiger partial charge in [0.15, 0.2) is 0 Å². The lowest BCUT2D eigenvalue weighted by Gasteiger charge is -2.08. The standard InChI is InChI=1S/C17H19N3O/c1-2-9-21-16-7-3-13(4-8-16)11-18-15-6-5-14-12-19-20-17(14)10-15/h3-8,10,12,18H,2,9,11H2,1H3,(H,19,20). The average Bonchev–Trinajstić information content (AvgIpc) is 2.99. The smallest absolute Gasteiger partial charge is 0.119 e. The molecule has 1 aromatic heterocycles. The number of anilines is 1. The molecule has 0 saturated heterocycles. The van der Waals surface area contributed by atoms with Gasteiger partial charge in [0, 0.05) is 17.6 Å². The summed E-state index contributed by atoms with van der Waals surface area (Å²) in [5.41, 5.74) is 3.35. The van der Waals surface area contributed by atoms with Crippen molar-refractivity contribution < 1.29 is 4.74 Å². The van der Waals surface area contributed by atoms with E-state index in [-0.39, 0.29) is 0 Å². The predicted octanol–water partition coefficient (Wildman–Crippen LogP) is 3.96. The molecule has 3 aromatic rings. The van der Waals surface area contributed by atoms with Crippen LogP contribution in [0.2, 0.25) is 0 Å². The second-order valence-electron chi connectivity index (χ2n) is 5.02. The number of ether oxygens (including phenoxy) is 1. The summed E-state index contributed by atoms with van der Waals surface area (Å²) in [6, 6.07) is 14.4. The third-order valence-corrected chi connectivity index (χ3v) is 3.33. The highest BCUT2D eigenvalue weighted by Crippen LogP contribution is 2.18. The first-order valence-electron chi connectivity index (χ1n) is 7.24. The number of hydrogen-bond donors (Lipinski definition) is 2. The van der Waals surface area contributed by atoms with Gasteiger partial charge in [0.2, 0.25) is 0 Å². The summed E-state index contributed by atoms with van der Waals surface area (Å²) < 4.78 is 5.58. The quantitative estimate of drug-likeness (QED) is 0.719. The molecule has 0 saturated carbocycles. The van der Waals surface area contributed by atoms with Crippen molar-refractivity contribution in [2.45, 2.75) is 19.9 Å². The summed E-state index contributed by atoms with van der Waals surface area (Å²) >= 11 is 0. The Labute approximate surface area is 124 Å². The zero-order chi connectivity index (χ0) is 14.5. The molecule has 2 N–H and O–H groups in total. The lowest BCUT2D eigenvalue weighted by molar-refractivity contribution is 0.317. The number of hydrogen-bond acceptors (Lipinski definition) is 3. The summed E-state index contributed by atoms with van der Waals surface area (Å²) in [6.45, 7) is 3.66. The van der Waals surface area contributed by atoms with E-state index < -0.39 is 0 Å². The predicted molar refractivity (Wildman–Crippen MR) is 85.6 cm³/mol. The first-order chi connectivity index (χ1) is 10.3. The highest BCUT2D eigenvalue weighted by molar-refractivity contribution is 5.81. The highest BCUT2D eigenvalue weighted by atomic mass is 16.5. The molecule has 4 nitrogen and oxygen atoms in total. The van der Waals surface area contributed by atoms with Gasteiger partial charge in [-0.1, -0.05) is 19.1 Å². The zero-order valence-electron chi connectivity index (χ0n) is 12.1. The van der Waals surface area contributed by atoms with Crippen molar-refractivity contribution in [3.63, 3.8) is 0 Å². The first kappa shape index (κ1) is 13.5. The van der Waals surface area contributed by atoms with E-state index in [4.69, 9.17) is 4.74 Å². The van der Waals surface area contributed by atoms with Crippen LogP contribution < -0.4 is 10.1 Å². The van der Waals surface area contributed by atoms with Crippen LogP contribution in [0.15, 0.2) is 48.7 Å². The maximum absolute atomic E-state index is 5.58. The van der Waals surface area contributed by atoms with Crippen LogP contribution in [-0.4, -0.2) is 16.8 Å². The van der Waals surface area contributed by atoms with Crippen LogP contribution >= 0.6 is 0 Å². The number of nitrogens with zero attached hydrogens (tertiary/aromatic N) is 1. The minimum atomic E-state index is 0.766. The van der Waals surface area contributed by atoms with Crippen molar-refractivity contribution in [3.8, 4) is 5.75 Å². The fraction of sp³-hybridized carbons (Fsp3) is 0.235. The molecule has 0 spiro atoms. The van der Waals surface area contributed by atoms with Crippen LogP contribution in [0.25, 0.3) is 10.9 Å². The molecule has 0 aliphatic heterocycles.